The number of nitrogens with one attached hydrogen (secondary N) is 3. The summed E-state index contributed by atoms with van der Waals surface area (Å²) in [6, 6.07) is 26.2. The van der Waals surface area contributed by atoms with Crippen molar-refractivity contribution in [1.29, 1.82) is 0 Å². The Morgan fingerprint density at radius 3 is 2.36 bits per heavy atom. The standard InChI is InChI=1S/C31H25ClN4O5S/c1-20-10-13-23(32)17-27(20)34-29(37)19-42-26-9-5-8-24(18-26)33-31(39)28(35-30(38)22-6-3-2-4-7-22)16-21-11-14-25(15-12-21)36(40)41/h2-18H,19H2,1H3,(H,33,39)(H,34,37)(H,35,38)/b28-16+. The van der Waals surface area contributed by atoms with Crippen LogP contribution in [0.1, 0.15) is 21.5 Å². The molecule has 212 valence electrons. The van der Waals surface area contributed by atoms with Gasteiger partial charge in [0.2, 0.25) is 5.91 Å². The molecule has 0 unspecified atom stereocenters. The number of nitrogens with zero attached hydrogens (tertiary/aromatic N) is 1. The quantitative estimate of drug-likeness (QED) is 0.0804. The van der Waals surface area contributed by atoms with Crippen LogP contribution in [0.4, 0.5) is 17.1 Å². The van der Waals surface area contributed by atoms with Gasteiger partial charge >= 0.3 is 0 Å². The lowest BCUT2D eigenvalue weighted by Crippen LogP contribution is -2.30. The number of carbonyl (C=O) groups is 3. The van der Waals surface area contributed by atoms with Crippen molar-refractivity contribution in [2.24, 2.45) is 0 Å². The maximum atomic E-state index is 13.3. The molecule has 4 rings (SSSR count). The summed E-state index contributed by atoms with van der Waals surface area (Å²) < 4.78 is 0. The second kappa shape index (κ2) is 14.1. The predicted octanol–water partition coefficient (Wildman–Crippen LogP) is 6.70. The minimum absolute atomic E-state index is 0.0629. The van der Waals surface area contributed by atoms with Crippen LogP contribution < -0.4 is 16.0 Å². The Balaban J connectivity index is 1.47. The van der Waals surface area contributed by atoms with E-state index >= 15 is 0 Å². The van der Waals surface area contributed by atoms with Gasteiger partial charge in [0.15, 0.2) is 0 Å². The fraction of sp³-hybridized carbons (Fsp3) is 0.0645. The Morgan fingerprint density at radius 1 is 0.905 bits per heavy atom. The zero-order chi connectivity index (χ0) is 30.1. The molecule has 4 aromatic rings. The molecule has 0 spiro atoms. The summed E-state index contributed by atoms with van der Waals surface area (Å²) in [5, 5.41) is 19.8. The maximum Gasteiger partial charge on any atom is 0.272 e. The van der Waals surface area contributed by atoms with E-state index in [1.54, 1.807) is 60.7 Å². The van der Waals surface area contributed by atoms with E-state index in [-0.39, 0.29) is 23.0 Å². The summed E-state index contributed by atoms with van der Waals surface area (Å²) in [5.74, 6) is -1.18. The summed E-state index contributed by atoms with van der Waals surface area (Å²) in [6.07, 6.45) is 1.43. The van der Waals surface area contributed by atoms with Crippen molar-refractivity contribution >= 4 is 64.2 Å². The molecule has 0 aromatic heterocycles. The van der Waals surface area contributed by atoms with Crippen molar-refractivity contribution in [1.82, 2.24) is 5.32 Å². The molecule has 0 saturated heterocycles. The molecule has 0 aliphatic carbocycles. The van der Waals surface area contributed by atoms with Crippen LogP contribution in [0.3, 0.4) is 0 Å². The summed E-state index contributed by atoms with van der Waals surface area (Å²) in [6.45, 7) is 1.87. The Labute approximate surface area is 251 Å². The lowest BCUT2D eigenvalue weighted by atomic mass is 10.1. The molecule has 0 atom stereocenters. The zero-order valence-corrected chi connectivity index (χ0v) is 23.9. The van der Waals surface area contributed by atoms with Crippen molar-refractivity contribution in [3.05, 3.63) is 135 Å². The van der Waals surface area contributed by atoms with E-state index < -0.39 is 16.7 Å². The van der Waals surface area contributed by atoms with E-state index in [1.807, 2.05) is 19.1 Å². The van der Waals surface area contributed by atoms with Crippen LogP contribution in [0.5, 0.6) is 0 Å². The summed E-state index contributed by atoms with van der Waals surface area (Å²) >= 11 is 7.32. The minimum Gasteiger partial charge on any atom is -0.325 e. The number of amides is 3. The fourth-order valence-electron chi connectivity index (χ4n) is 3.73. The number of hydrogen-bond donors (Lipinski definition) is 3. The van der Waals surface area contributed by atoms with Gasteiger partial charge in [-0.15, -0.1) is 11.8 Å². The first-order valence-corrected chi connectivity index (χ1v) is 14.0. The minimum atomic E-state index is -0.603. The van der Waals surface area contributed by atoms with Crippen LogP contribution in [0.15, 0.2) is 108 Å². The van der Waals surface area contributed by atoms with Crippen molar-refractivity contribution in [3.8, 4) is 0 Å². The molecule has 0 aliphatic heterocycles. The van der Waals surface area contributed by atoms with Gasteiger partial charge in [-0.1, -0.05) is 41.9 Å². The first-order chi connectivity index (χ1) is 20.2. The average molecular weight is 601 g/mol. The second-order valence-corrected chi connectivity index (χ2v) is 10.5. The van der Waals surface area contributed by atoms with Crippen molar-refractivity contribution < 1.29 is 19.3 Å². The topological polar surface area (TPSA) is 130 Å². The highest BCUT2D eigenvalue weighted by Gasteiger charge is 2.16. The Morgan fingerprint density at radius 2 is 1.64 bits per heavy atom. The summed E-state index contributed by atoms with van der Waals surface area (Å²) in [7, 11) is 0. The second-order valence-electron chi connectivity index (χ2n) is 9.00. The molecule has 0 heterocycles. The lowest BCUT2D eigenvalue weighted by Gasteiger charge is -2.12. The summed E-state index contributed by atoms with van der Waals surface area (Å²) in [5.41, 5.74) is 2.64. The third kappa shape index (κ3) is 8.53. The molecular formula is C31H25ClN4O5S. The van der Waals surface area contributed by atoms with Crippen LogP contribution >= 0.6 is 23.4 Å². The highest BCUT2D eigenvalue weighted by Crippen LogP contribution is 2.24. The molecule has 0 bridgehead atoms. The SMILES string of the molecule is Cc1ccc(Cl)cc1NC(=O)CSc1cccc(NC(=O)/C(=C\c2ccc([N+](=O)[O-])cc2)NC(=O)c2ccccc2)c1. The molecule has 0 saturated carbocycles. The number of rotatable bonds is 10. The third-order valence-electron chi connectivity index (χ3n) is 5.88. The molecule has 3 N–H and O–H groups in total. The Bertz CT molecular complexity index is 1660. The predicted molar refractivity (Wildman–Crippen MR) is 166 cm³/mol. The first-order valence-electron chi connectivity index (χ1n) is 12.6. The Hall–Kier alpha value is -4.93. The first kappa shape index (κ1) is 30.0. The maximum absolute atomic E-state index is 13.3. The molecule has 9 nitrogen and oxygen atoms in total. The summed E-state index contributed by atoms with van der Waals surface area (Å²) in [4.78, 5) is 49.9. The number of nitro benzene ring substituents is 1. The van der Waals surface area contributed by atoms with Crippen molar-refractivity contribution in [2.45, 2.75) is 11.8 Å². The van der Waals surface area contributed by atoms with Gasteiger partial charge in [-0.25, -0.2) is 0 Å². The van der Waals surface area contributed by atoms with Crippen molar-refractivity contribution in [2.75, 3.05) is 16.4 Å². The lowest BCUT2D eigenvalue weighted by molar-refractivity contribution is -0.384. The molecule has 0 fully saturated rings. The van der Waals surface area contributed by atoms with Crippen LogP contribution in [0, 0.1) is 17.0 Å². The van der Waals surface area contributed by atoms with E-state index in [0.29, 0.717) is 27.5 Å². The number of hydrogen-bond acceptors (Lipinski definition) is 6. The number of benzene rings is 4. The number of non-ortho nitro benzene ring substituents is 1. The molecule has 42 heavy (non-hydrogen) atoms. The van der Waals surface area contributed by atoms with Crippen molar-refractivity contribution in [3.63, 3.8) is 0 Å². The van der Waals surface area contributed by atoms with Crippen LogP contribution in [-0.2, 0) is 9.59 Å². The largest absolute Gasteiger partial charge is 0.325 e. The van der Waals surface area contributed by atoms with E-state index in [2.05, 4.69) is 16.0 Å². The number of carbonyl (C=O) groups excluding carboxylic acids is 3. The van der Waals surface area contributed by atoms with Gasteiger partial charge in [0.1, 0.15) is 5.70 Å². The van der Waals surface area contributed by atoms with E-state index in [1.165, 1.54) is 42.1 Å². The van der Waals surface area contributed by atoms with Crippen LogP contribution in [-0.4, -0.2) is 28.4 Å². The number of thioether (sulfide) groups is 1. The molecule has 11 heteroatoms. The van der Waals surface area contributed by atoms with E-state index in [9.17, 15) is 24.5 Å². The molecule has 0 radical (unpaired) electrons. The monoisotopic (exact) mass is 600 g/mol. The van der Waals surface area contributed by atoms with Gasteiger partial charge in [0, 0.05) is 39.0 Å². The van der Waals surface area contributed by atoms with Crippen LogP contribution in [0.2, 0.25) is 5.02 Å². The fourth-order valence-corrected chi connectivity index (χ4v) is 4.65. The molecular weight excluding hydrogens is 576 g/mol. The number of halogens is 1. The van der Waals surface area contributed by atoms with Gasteiger partial charge in [-0.3, -0.25) is 24.5 Å². The van der Waals surface area contributed by atoms with Gasteiger partial charge in [0.05, 0.1) is 10.7 Å². The normalized spacial score (nSPS) is 11.0. The van der Waals surface area contributed by atoms with Gasteiger partial charge in [0.25, 0.3) is 17.5 Å². The van der Waals surface area contributed by atoms with E-state index in [0.717, 1.165) is 10.5 Å². The smallest absolute Gasteiger partial charge is 0.272 e. The highest BCUT2D eigenvalue weighted by atomic mass is 35.5. The number of anilines is 2. The third-order valence-corrected chi connectivity index (χ3v) is 7.11. The van der Waals surface area contributed by atoms with Gasteiger partial charge in [-0.2, -0.15) is 0 Å². The Kier molecular flexibility index (Phi) is 10.1. The average Bonchev–Trinajstić information content (AvgIpc) is 2.98. The molecule has 0 aliphatic rings. The highest BCUT2D eigenvalue weighted by molar-refractivity contribution is 8.00. The van der Waals surface area contributed by atoms with Crippen LogP contribution in [0.25, 0.3) is 6.08 Å². The van der Waals surface area contributed by atoms with Gasteiger partial charge < -0.3 is 16.0 Å². The number of nitro groups is 1. The zero-order valence-electron chi connectivity index (χ0n) is 22.3. The molecule has 3 amide bonds. The molecule has 4 aromatic carbocycles. The number of aryl methyl sites for hydroxylation is 1. The van der Waals surface area contributed by atoms with E-state index in [4.69, 9.17) is 11.6 Å². The van der Waals surface area contributed by atoms with Gasteiger partial charge in [-0.05, 0) is 78.7 Å².